The molecule has 3 aromatic carbocycles. The average Bonchev–Trinajstić information content (AvgIpc) is 3.13. The van der Waals surface area contributed by atoms with E-state index >= 15 is 0 Å². The van der Waals surface area contributed by atoms with E-state index in [9.17, 15) is 41.2 Å². The molecule has 3 aromatic rings. The zero-order valence-electron chi connectivity index (χ0n) is 17.6. The van der Waals surface area contributed by atoms with Gasteiger partial charge in [-0.3, -0.25) is 13.9 Å². The van der Waals surface area contributed by atoms with Gasteiger partial charge < -0.3 is 10.2 Å². The van der Waals surface area contributed by atoms with Gasteiger partial charge in [0, 0.05) is 11.5 Å². The van der Waals surface area contributed by atoms with Crippen molar-refractivity contribution in [2.24, 2.45) is 15.3 Å². The Morgan fingerprint density at radius 3 is 2.14 bits per heavy atom. The monoisotopic (exact) mass is 534 g/mol. The van der Waals surface area contributed by atoms with Crippen LogP contribution in [0, 0.1) is 0 Å². The Kier molecular flexibility index (Phi) is 6.05. The van der Waals surface area contributed by atoms with Crippen LogP contribution in [0.5, 0.6) is 5.75 Å². The van der Waals surface area contributed by atoms with Gasteiger partial charge in [0.05, 0.1) is 21.2 Å². The van der Waals surface area contributed by atoms with Crippen molar-refractivity contribution in [3.05, 3.63) is 54.6 Å². The lowest BCUT2D eigenvalue weighted by molar-refractivity contribution is -0.130. The highest BCUT2D eigenvalue weighted by Crippen LogP contribution is 2.32. The Morgan fingerprint density at radius 1 is 0.917 bits per heavy atom. The first-order chi connectivity index (χ1) is 16.8. The summed E-state index contributed by atoms with van der Waals surface area (Å²) in [4.78, 5) is 23.5. The molecule has 36 heavy (non-hydrogen) atoms. The summed E-state index contributed by atoms with van der Waals surface area (Å²) in [6.07, 6.45) is 0. The normalized spacial score (nSPS) is 16.6. The third-order valence-electron chi connectivity index (χ3n) is 4.98. The zero-order chi connectivity index (χ0) is 26.4. The lowest BCUT2D eigenvalue weighted by Crippen LogP contribution is -2.33. The van der Waals surface area contributed by atoms with Gasteiger partial charge in [0.15, 0.2) is 5.71 Å². The summed E-state index contributed by atoms with van der Waals surface area (Å²) in [6.45, 7) is 0. The van der Waals surface area contributed by atoms with E-state index in [0.717, 1.165) is 36.4 Å². The molecule has 1 amide bonds. The SMILES string of the molecule is O=C(O)C1=NN(c2ccc(S(=O)(=O)O)cc2)C(=O)C1N=Nc1ccc2cc(S(=O)(=O)O)cc(O)c2c1. The smallest absolute Gasteiger partial charge is 0.355 e. The fourth-order valence-corrected chi connectivity index (χ4v) is 4.30. The number of aliphatic carboxylic acids is 1. The van der Waals surface area contributed by atoms with Crippen molar-refractivity contribution in [1.82, 2.24) is 0 Å². The van der Waals surface area contributed by atoms with Crippen LogP contribution in [0.15, 0.2) is 79.7 Å². The van der Waals surface area contributed by atoms with Gasteiger partial charge in [-0.25, -0.2) is 4.79 Å². The summed E-state index contributed by atoms with van der Waals surface area (Å²) in [5.74, 6) is -2.95. The number of nitrogens with zero attached hydrogens (tertiary/aromatic N) is 4. The molecule has 0 saturated heterocycles. The number of anilines is 1. The zero-order valence-corrected chi connectivity index (χ0v) is 19.3. The standard InChI is InChI=1S/C20H14N4O10S2/c25-16-9-14(36(32,33)34)7-10-1-2-11(8-15(10)16)21-22-17-18(20(27)28)23-24(19(17)26)12-3-5-13(6-4-12)35(29,30)31/h1-9,17,25H,(H,27,28)(H,29,30,31)(H,32,33,34). The molecule has 16 heteroatoms. The van der Waals surface area contributed by atoms with Crippen LogP contribution in [-0.2, 0) is 29.8 Å². The van der Waals surface area contributed by atoms with Crippen molar-refractivity contribution >= 4 is 60.0 Å². The van der Waals surface area contributed by atoms with E-state index in [1.165, 1.54) is 18.2 Å². The third-order valence-corrected chi connectivity index (χ3v) is 6.68. The summed E-state index contributed by atoms with van der Waals surface area (Å²) in [5, 5.41) is 32.0. The van der Waals surface area contributed by atoms with Crippen LogP contribution in [0.25, 0.3) is 10.8 Å². The predicted molar refractivity (Wildman–Crippen MR) is 123 cm³/mol. The number of hydrogen-bond acceptors (Lipinski definition) is 10. The van der Waals surface area contributed by atoms with Crippen LogP contribution < -0.4 is 5.01 Å². The molecule has 1 aliphatic heterocycles. The first-order valence-corrected chi connectivity index (χ1v) is 12.5. The van der Waals surface area contributed by atoms with Gasteiger partial charge in [-0.1, -0.05) is 6.07 Å². The number of carbonyl (C=O) groups is 2. The van der Waals surface area contributed by atoms with E-state index in [-0.39, 0.29) is 22.1 Å². The number of rotatable bonds is 6. The summed E-state index contributed by atoms with van der Waals surface area (Å²) >= 11 is 0. The van der Waals surface area contributed by atoms with Gasteiger partial charge in [0.1, 0.15) is 5.75 Å². The van der Waals surface area contributed by atoms with Crippen molar-refractivity contribution in [2.45, 2.75) is 15.8 Å². The molecule has 14 nitrogen and oxygen atoms in total. The number of phenols is 1. The fraction of sp³-hybridized carbons (Fsp3) is 0.0500. The van der Waals surface area contributed by atoms with Crippen molar-refractivity contribution in [1.29, 1.82) is 0 Å². The quantitative estimate of drug-likeness (QED) is 0.266. The number of phenolic OH excluding ortho intramolecular Hbond substituents is 1. The van der Waals surface area contributed by atoms with Crippen LogP contribution in [0.4, 0.5) is 11.4 Å². The molecule has 1 atom stereocenters. The first-order valence-electron chi connectivity index (χ1n) is 9.64. The van der Waals surface area contributed by atoms with Crippen LogP contribution in [0.2, 0.25) is 0 Å². The number of benzene rings is 3. The molecule has 1 unspecified atom stereocenters. The molecule has 0 spiro atoms. The Balaban J connectivity index is 1.65. The molecule has 0 fully saturated rings. The van der Waals surface area contributed by atoms with Crippen LogP contribution >= 0.6 is 0 Å². The number of fused-ring (bicyclic) bond motifs is 1. The molecule has 1 aliphatic rings. The van der Waals surface area contributed by atoms with Crippen molar-refractivity contribution in [2.75, 3.05) is 5.01 Å². The second-order valence-electron chi connectivity index (χ2n) is 7.35. The van der Waals surface area contributed by atoms with Crippen LogP contribution in [0.3, 0.4) is 0 Å². The van der Waals surface area contributed by atoms with E-state index < -0.39 is 59.4 Å². The van der Waals surface area contributed by atoms with Crippen LogP contribution in [0.1, 0.15) is 0 Å². The van der Waals surface area contributed by atoms with Crippen molar-refractivity contribution in [3.8, 4) is 5.75 Å². The summed E-state index contributed by atoms with van der Waals surface area (Å²) in [6, 6.07) is 8.57. The maximum absolute atomic E-state index is 12.8. The molecule has 0 saturated carbocycles. The number of carboxylic acid groups (broad SMARTS) is 1. The van der Waals surface area contributed by atoms with Gasteiger partial charge in [-0.15, -0.1) is 0 Å². The Bertz CT molecular complexity index is 1700. The lowest BCUT2D eigenvalue weighted by Gasteiger charge is -2.12. The fourth-order valence-electron chi connectivity index (χ4n) is 3.29. The third kappa shape index (κ3) is 4.78. The minimum Gasteiger partial charge on any atom is -0.507 e. The summed E-state index contributed by atoms with van der Waals surface area (Å²) in [5.41, 5.74) is -0.580. The van der Waals surface area contributed by atoms with Crippen LogP contribution in [-0.4, -0.2) is 59.8 Å². The lowest BCUT2D eigenvalue weighted by atomic mass is 10.1. The molecule has 0 radical (unpaired) electrons. The van der Waals surface area contributed by atoms with E-state index in [4.69, 9.17) is 4.55 Å². The molecule has 0 aromatic heterocycles. The molecule has 0 bridgehead atoms. The largest absolute Gasteiger partial charge is 0.507 e. The summed E-state index contributed by atoms with van der Waals surface area (Å²) in [7, 11) is -9.05. The highest BCUT2D eigenvalue weighted by atomic mass is 32.2. The highest BCUT2D eigenvalue weighted by Gasteiger charge is 2.41. The molecule has 4 N–H and O–H groups in total. The van der Waals surface area contributed by atoms with Crippen molar-refractivity contribution in [3.63, 3.8) is 0 Å². The topological polar surface area (TPSA) is 224 Å². The Hall–Kier alpha value is -4.25. The van der Waals surface area contributed by atoms with Gasteiger partial charge in [-0.05, 0) is 47.9 Å². The van der Waals surface area contributed by atoms with Gasteiger partial charge >= 0.3 is 5.97 Å². The second kappa shape index (κ2) is 8.76. The molecular weight excluding hydrogens is 520 g/mol. The number of azo groups is 1. The molecule has 0 aliphatic carbocycles. The minimum atomic E-state index is -4.56. The number of carbonyl (C=O) groups excluding carboxylic acids is 1. The van der Waals surface area contributed by atoms with Crippen molar-refractivity contribution < 1.29 is 45.7 Å². The van der Waals surface area contributed by atoms with Gasteiger partial charge in [-0.2, -0.15) is 37.2 Å². The molecule has 4 rings (SSSR count). The second-order valence-corrected chi connectivity index (χ2v) is 10.2. The van der Waals surface area contributed by atoms with E-state index in [2.05, 4.69) is 15.3 Å². The minimum absolute atomic E-state index is 0.00844. The van der Waals surface area contributed by atoms with E-state index in [0.29, 0.717) is 5.01 Å². The number of hydrazone groups is 1. The van der Waals surface area contributed by atoms with Gasteiger partial charge in [0.2, 0.25) is 6.04 Å². The first kappa shape index (κ1) is 24.9. The highest BCUT2D eigenvalue weighted by molar-refractivity contribution is 7.86. The molecular formula is C20H14N4O10S2. The summed E-state index contributed by atoms with van der Waals surface area (Å²) < 4.78 is 63.3. The molecule has 186 valence electrons. The maximum atomic E-state index is 12.8. The number of hydrogen-bond donors (Lipinski definition) is 4. The maximum Gasteiger partial charge on any atom is 0.355 e. The average molecular weight is 534 g/mol. The predicted octanol–water partition coefficient (Wildman–Crippen LogP) is 1.98. The number of aromatic hydroxyl groups is 1. The Morgan fingerprint density at radius 2 is 1.56 bits per heavy atom. The van der Waals surface area contributed by atoms with E-state index in [1.807, 2.05) is 0 Å². The molecule has 1 heterocycles. The van der Waals surface area contributed by atoms with E-state index in [1.54, 1.807) is 0 Å². The van der Waals surface area contributed by atoms with Gasteiger partial charge in [0.25, 0.3) is 26.1 Å². The number of carboxylic acids is 1. The number of amides is 1. The Labute approximate surface area is 202 Å².